The van der Waals surface area contributed by atoms with Crippen LogP contribution >= 0.6 is 27.7 Å². The van der Waals surface area contributed by atoms with Crippen LogP contribution < -0.4 is 4.72 Å². The fourth-order valence-corrected chi connectivity index (χ4v) is 4.38. The minimum Gasteiger partial charge on any atom is -0.210 e. The summed E-state index contributed by atoms with van der Waals surface area (Å²) in [6.07, 6.45) is 0. The molecule has 0 heterocycles. The van der Waals surface area contributed by atoms with Gasteiger partial charge in [0.2, 0.25) is 10.0 Å². The zero-order chi connectivity index (χ0) is 16.0. The van der Waals surface area contributed by atoms with Crippen LogP contribution in [0.1, 0.15) is 5.56 Å². The SMILES string of the molecule is O=S(=O)(NCCSCc1ccccc1Br)c1ccc(F)cc1. The highest BCUT2D eigenvalue weighted by Crippen LogP contribution is 2.21. The average Bonchev–Trinajstić information content (AvgIpc) is 2.49. The Hall–Kier alpha value is -0.890. The quantitative estimate of drug-likeness (QED) is 0.715. The van der Waals surface area contributed by atoms with Crippen LogP contribution in [0.4, 0.5) is 4.39 Å². The standard InChI is InChI=1S/C15H15BrFNO2S2/c16-15-4-2-1-3-12(15)11-21-10-9-18-22(19,20)14-7-5-13(17)6-8-14/h1-8,18H,9-11H2. The van der Waals surface area contributed by atoms with Crippen molar-refractivity contribution in [2.24, 2.45) is 0 Å². The smallest absolute Gasteiger partial charge is 0.210 e. The summed E-state index contributed by atoms with van der Waals surface area (Å²) in [5.74, 6) is 1.00. The fourth-order valence-electron chi connectivity index (χ4n) is 1.74. The van der Waals surface area contributed by atoms with Crippen LogP contribution in [0.5, 0.6) is 0 Å². The molecular formula is C15H15BrFNO2S2. The fraction of sp³-hybridized carbons (Fsp3) is 0.200. The molecule has 2 rings (SSSR count). The van der Waals surface area contributed by atoms with E-state index >= 15 is 0 Å². The summed E-state index contributed by atoms with van der Waals surface area (Å²) in [6, 6.07) is 12.7. The molecule has 0 unspecified atom stereocenters. The van der Waals surface area contributed by atoms with Crippen molar-refractivity contribution in [3.8, 4) is 0 Å². The molecule has 0 amide bonds. The summed E-state index contributed by atoms with van der Waals surface area (Å²) in [5.41, 5.74) is 1.17. The van der Waals surface area contributed by atoms with Crippen molar-refractivity contribution in [2.45, 2.75) is 10.6 Å². The van der Waals surface area contributed by atoms with Crippen LogP contribution in [0.2, 0.25) is 0 Å². The van der Waals surface area contributed by atoms with Crippen LogP contribution in [0.25, 0.3) is 0 Å². The lowest BCUT2D eigenvalue weighted by atomic mass is 10.2. The van der Waals surface area contributed by atoms with Crippen molar-refractivity contribution < 1.29 is 12.8 Å². The van der Waals surface area contributed by atoms with Crippen LogP contribution in [0.3, 0.4) is 0 Å². The van der Waals surface area contributed by atoms with Gasteiger partial charge in [-0.1, -0.05) is 34.1 Å². The maximum atomic E-state index is 12.8. The highest BCUT2D eigenvalue weighted by Gasteiger charge is 2.12. The van der Waals surface area contributed by atoms with Crippen molar-refractivity contribution >= 4 is 37.7 Å². The van der Waals surface area contributed by atoms with Gasteiger partial charge in [-0.05, 0) is 35.9 Å². The molecular weight excluding hydrogens is 389 g/mol. The molecule has 0 saturated carbocycles. The predicted molar refractivity (Wildman–Crippen MR) is 91.9 cm³/mol. The second-order valence-electron chi connectivity index (χ2n) is 4.50. The van der Waals surface area contributed by atoms with Gasteiger partial charge in [0.25, 0.3) is 0 Å². The molecule has 118 valence electrons. The second-order valence-corrected chi connectivity index (χ2v) is 8.22. The maximum Gasteiger partial charge on any atom is 0.240 e. The number of hydrogen-bond acceptors (Lipinski definition) is 3. The molecule has 7 heteroatoms. The molecule has 3 nitrogen and oxygen atoms in total. The summed E-state index contributed by atoms with van der Waals surface area (Å²) >= 11 is 5.12. The van der Waals surface area contributed by atoms with E-state index in [2.05, 4.69) is 20.7 Å². The Morgan fingerprint density at radius 1 is 1.09 bits per heavy atom. The van der Waals surface area contributed by atoms with E-state index in [0.29, 0.717) is 12.3 Å². The third-order valence-electron chi connectivity index (χ3n) is 2.88. The molecule has 0 aliphatic carbocycles. The van der Waals surface area contributed by atoms with E-state index in [4.69, 9.17) is 0 Å². The van der Waals surface area contributed by atoms with Gasteiger partial charge in [0, 0.05) is 22.5 Å². The first kappa shape index (κ1) is 17.5. The first-order chi connectivity index (χ1) is 10.5. The van der Waals surface area contributed by atoms with Gasteiger partial charge >= 0.3 is 0 Å². The summed E-state index contributed by atoms with van der Waals surface area (Å²) < 4.78 is 40.3. The topological polar surface area (TPSA) is 46.2 Å². The highest BCUT2D eigenvalue weighted by molar-refractivity contribution is 9.10. The molecule has 22 heavy (non-hydrogen) atoms. The van der Waals surface area contributed by atoms with E-state index in [-0.39, 0.29) is 4.90 Å². The summed E-state index contributed by atoms with van der Waals surface area (Å²) in [6.45, 7) is 0.328. The molecule has 0 spiro atoms. The lowest BCUT2D eigenvalue weighted by molar-refractivity contribution is 0.583. The van der Waals surface area contributed by atoms with E-state index in [1.807, 2.05) is 24.3 Å². The van der Waals surface area contributed by atoms with Gasteiger partial charge in [-0.2, -0.15) is 11.8 Å². The Balaban J connectivity index is 1.79. The van der Waals surface area contributed by atoms with Crippen LogP contribution in [0, 0.1) is 5.82 Å². The van der Waals surface area contributed by atoms with Gasteiger partial charge in [0.15, 0.2) is 0 Å². The monoisotopic (exact) mass is 403 g/mol. The van der Waals surface area contributed by atoms with E-state index < -0.39 is 15.8 Å². The van der Waals surface area contributed by atoms with E-state index in [9.17, 15) is 12.8 Å². The number of hydrogen-bond donors (Lipinski definition) is 1. The van der Waals surface area contributed by atoms with Gasteiger partial charge in [-0.3, -0.25) is 0 Å². The lowest BCUT2D eigenvalue weighted by Crippen LogP contribution is -2.26. The maximum absolute atomic E-state index is 12.8. The number of halogens is 2. The molecule has 2 aromatic rings. The zero-order valence-corrected chi connectivity index (χ0v) is 14.8. The molecule has 0 radical (unpaired) electrons. The van der Waals surface area contributed by atoms with Crippen molar-refractivity contribution in [1.29, 1.82) is 0 Å². The molecule has 0 aliphatic rings. The van der Waals surface area contributed by atoms with Gasteiger partial charge in [-0.15, -0.1) is 0 Å². The number of thioether (sulfide) groups is 1. The summed E-state index contributed by atoms with van der Waals surface area (Å²) in [7, 11) is -3.57. The summed E-state index contributed by atoms with van der Waals surface area (Å²) in [4.78, 5) is 0.0738. The molecule has 0 aliphatic heterocycles. The number of sulfonamides is 1. The molecule has 0 atom stereocenters. The van der Waals surface area contributed by atoms with Gasteiger partial charge in [0.05, 0.1) is 4.90 Å². The van der Waals surface area contributed by atoms with E-state index in [1.165, 1.54) is 17.7 Å². The van der Waals surface area contributed by atoms with Gasteiger partial charge in [0.1, 0.15) is 5.82 Å². The van der Waals surface area contributed by atoms with Crippen LogP contribution in [0.15, 0.2) is 57.9 Å². The lowest BCUT2D eigenvalue weighted by Gasteiger charge is -2.07. The minimum atomic E-state index is -3.57. The normalized spacial score (nSPS) is 11.5. The number of nitrogens with one attached hydrogen (secondary N) is 1. The third kappa shape index (κ3) is 5.08. The Labute approximate surface area is 142 Å². The molecule has 0 fully saturated rings. The van der Waals surface area contributed by atoms with Crippen molar-refractivity contribution in [2.75, 3.05) is 12.3 Å². The molecule has 2 aromatic carbocycles. The predicted octanol–water partition coefficient (Wildman–Crippen LogP) is 3.80. The second kappa shape index (κ2) is 8.10. The van der Waals surface area contributed by atoms with Gasteiger partial charge in [-0.25, -0.2) is 17.5 Å². The third-order valence-corrected chi connectivity index (χ3v) is 6.14. The van der Waals surface area contributed by atoms with Crippen molar-refractivity contribution in [3.05, 3.63) is 64.4 Å². The van der Waals surface area contributed by atoms with Crippen molar-refractivity contribution in [1.82, 2.24) is 4.72 Å². The molecule has 0 saturated heterocycles. The van der Waals surface area contributed by atoms with E-state index in [0.717, 1.165) is 22.4 Å². The number of rotatable bonds is 7. The molecule has 0 bridgehead atoms. The van der Waals surface area contributed by atoms with E-state index in [1.54, 1.807) is 11.8 Å². The first-order valence-electron chi connectivity index (χ1n) is 6.55. The van der Waals surface area contributed by atoms with Gasteiger partial charge < -0.3 is 0 Å². The Morgan fingerprint density at radius 2 is 1.77 bits per heavy atom. The summed E-state index contributed by atoms with van der Waals surface area (Å²) in [5, 5.41) is 0. The minimum absolute atomic E-state index is 0.0738. The first-order valence-corrected chi connectivity index (χ1v) is 9.98. The Kier molecular flexibility index (Phi) is 6.43. The van der Waals surface area contributed by atoms with Crippen LogP contribution in [-0.2, 0) is 15.8 Å². The number of benzene rings is 2. The highest BCUT2D eigenvalue weighted by atomic mass is 79.9. The zero-order valence-electron chi connectivity index (χ0n) is 11.6. The molecule has 0 aromatic heterocycles. The van der Waals surface area contributed by atoms with Crippen molar-refractivity contribution in [3.63, 3.8) is 0 Å². The Morgan fingerprint density at radius 3 is 2.45 bits per heavy atom. The van der Waals surface area contributed by atoms with Crippen LogP contribution in [-0.4, -0.2) is 20.7 Å². The largest absolute Gasteiger partial charge is 0.240 e. The molecule has 1 N–H and O–H groups in total. The Bertz CT molecular complexity index is 721. The average molecular weight is 404 g/mol.